The highest BCUT2D eigenvalue weighted by molar-refractivity contribution is 7.89. The Morgan fingerprint density at radius 3 is 2.42 bits per heavy atom. The molecule has 2 aliphatic heterocycles. The topological polar surface area (TPSA) is 91.1 Å². The Morgan fingerprint density at radius 1 is 1.19 bits per heavy atom. The summed E-state index contributed by atoms with van der Waals surface area (Å²) < 4.78 is 31.3. The number of nitrogens with zero attached hydrogens (tertiary/aromatic N) is 3. The number of rotatable bonds is 4. The summed E-state index contributed by atoms with van der Waals surface area (Å²) in [7, 11) is -3.40. The van der Waals surface area contributed by atoms with Gasteiger partial charge in [0.05, 0.1) is 5.75 Å². The maximum atomic E-state index is 13.0. The second kappa shape index (κ2) is 7.03. The first-order chi connectivity index (χ1) is 12.2. The van der Waals surface area contributed by atoms with E-state index in [1.807, 2.05) is 13.8 Å². The fraction of sp³-hybridized carbons (Fsp3) is 0.647. The Balaban J connectivity index is 1.74. The molecule has 2 amide bonds. The van der Waals surface area contributed by atoms with Crippen LogP contribution in [0.25, 0.3) is 0 Å². The molecule has 0 aromatic carbocycles. The molecule has 0 saturated carbocycles. The summed E-state index contributed by atoms with van der Waals surface area (Å²) >= 11 is 0. The number of amides is 2. The SMILES string of the molecule is Cc1ccc(N2CCN(C(=O)C(C(C)C)N3CCCS3(=O)=O)CC2=O)o1. The van der Waals surface area contributed by atoms with Crippen molar-refractivity contribution >= 4 is 27.7 Å². The van der Waals surface area contributed by atoms with E-state index in [0.29, 0.717) is 37.7 Å². The Bertz CT molecular complexity index is 801. The van der Waals surface area contributed by atoms with Crippen LogP contribution in [0.15, 0.2) is 16.5 Å². The zero-order valence-electron chi connectivity index (χ0n) is 15.3. The fourth-order valence-electron chi connectivity index (χ4n) is 3.56. The molecule has 2 fully saturated rings. The standard InChI is InChI=1S/C17H25N3O5S/c1-12(2)16(20-7-4-10-26(20,23)24)17(22)18-8-9-19(14(21)11-18)15-6-5-13(3)25-15/h5-6,12,16H,4,7-11H2,1-3H3. The van der Waals surface area contributed by atoms with Crippen molar-refractivity contribution in [2.75, 3.05) is 36.8 Å². The Labute approximate surface area is 153 Å². The van der Waals surface area contributed by atoms with Crippen LogP contribution < -0.4 is 4.90 Å². The summed E-state index contributed by atoms with van der Waals surface area (Å²) in [6.45, 7) is 6.43. The van der Waals surface area contributed by atoms with E-state index in [9.17, 15) is 18.0 Å². The lowest BCUT2D eigenvalue weighted by Crippen LogP contribution is -2.58. The average Bonchev–Trinajstić information content (AvgIpc) is 3.13. The average molecular weight is 383 g/mol. The van der Waals surface area contributed by atoms with E-state index in [0.717, 1.165) is 0 Å². The van der Waals surface area contributed by atoms with Gasteiger partial charge in [-0.3, -0.25) is 14.5 Å². The number of hydrogen-bond donors (Lipinski definition) is 0. The maximum Gasteiger partial charge on any atom is 0.248 e. The van der Waals surface area contributed by atoms with Crippen molar-refractivity contribution in [3.8, 4) is 0 Å². The van der Waals surface area contributed by atoms with Crippen LogP contribution in [0.4, 0.5) is 5.88 Å². The largest absolute Gasteiger partial charge is 0.445 e. The highest BCUT2D eigenvalue weighted by Gasteiger charge is 2.43. The van der Waals surface area contributed by atoms with E-state index in [1.165, 1.54) is 14.1 Å². The van der Waals surface area contributed by atoms with Crippen LogP contribution in [0, 0.1) is 12.8 Å². The predicted molar refractivity (Wildman–Crippen MR) is 96.1 cm³/mol. The summed E-state index contributed by atoms with van der Waals surface area (Å²) in [4.78, 5) is 28.5. The summed E-state index contributed by atoms with van der Waals surface area (Å²) in [5.74, 6) is 0.567. The Hall–Kier alpha value is -1.87. The lowest BCUT2D eigenvalue weighted by Gasteiger charge is -2.37. The second-order valence-corrected chi connectivity index (χ2v) is 9.20. The van der Waals surface area contributed by atoms with Crippen molar-refractivity contribution in [3.63, 3.8) is 0 Å². The van der Waals surface area contributed by atoms with Crippen LogP contribution in [0.1, 0.15) is 26.0 Å². The first kappa shape index (κ1) is 18.9. The van der Waals surface area contributed by atoms with Crippen molar-refractivity contribution in [2.24, 2.45) is 5.92 Å². The molecule has 1 aromatic rings. The highest BCUT2D eigenvalue weighted by atomic mass is 32.2. The minimum Gasteiger partial charge on any atom is -0.445 e. The number of aryl methyl sites for hydroxylation is 1. The summed E-state index contributed by atoms with van der Waals surface area (Å²) in [6.07, 6.45) is 0.531. The van der Waals surface area contributed by atoms with Crippen molar-refractivity contribution < 1.29 is 22.4 Å². The molecular weight excluding hydrogens is 358 g/mol. The number of carbonyl (C=O) groups is 2. The van der Waals surface area contributed by atoms with Crippen LogP contribution in [0.2, 0.25) is 0 Å². The van der Waals surface area contributed by atoms with Gasteiger partial charge in [-0.2, -0.15) is 4.31 Å². The van der Waals surface area contributed by atoms with Gasteiger partial charge in [-0.15, -0.1) is 0 Å². The van der Waals surface area contributed by atoms with Gasteiger partial charge in [0.15, 0.2) is 0 Å². The molecule has 2 saturated heterocycles. The third-order valence-electron chi connectivity index (χ3n) is 4.86. The van der Waals surface area contributed by atoms with E-state index in [2.05, 4.69) is 0 Å². The van der Waals surface area contributed by atoms with Gasteiger partial charge in [-0.1, -0.05) is 13.8 Å². The van der Waals surface area contributed by atoms with Crippen LogP contribution >= 0.6 is 0 Å². The molecule has 144 valence electrons. The zero-order chi connectivity index (χ0) is 19.1. The molecule has 26 heavy (non-hydrogen) atoms. The van der Waals surface area contributed by atoms with Crippen LogP contribution in [0.5, 0.6) is 0 Å². The van der Waals surface area contributed by atoms with Gasteiger partial charge < -0.3 is 9.32 Å². The summed E-state index contributed by atoms with van der Waals surface area (Å²) in [6, 6.07) is 2.76. The van der Waals surface area contributed by atoms with Gasteiger partial charge >= 0.3 is 0 Å². The minimum atomic E-state index is -3.40. The number of furan rings is 1. The van der Waals surface area contributed by atoms with Gasteiger partial charge in [-0.25, -0.2) is 8.42 Å². The molecule has 3 rings (SSSR count). The van der Waals surface area contributed by atoms with E-state index in [-0.39, 0.29) is 30.0 Å². The van der Waals surface area contributed by atoms with Gasteiger partial charge in [0.2, 0.25) is 27.7 Å². The quantitative estimate of drug-likeness (QED) is 0.768. The van der Waals surface area contributed by atoms with E-state index in [1.54, 1.807) is 19.1 Å². The molecule has 1 aromatic heterocycles. The first-order valence-electron chi connectivity index (χ1n) is 8.86. The zero-order valence-corrected chi connectivity index (χ0v) is 16.2. The lowest BCUT2D eigenvalue weighted by atomic mass is 10.0. The smallest absolute Gasteiger partial charge is 0.248 e. The van der Waals surface area contributed by atoms with Gasteiger partial charge in [0, 0.05) is 25.7 Å². The molecular formula is C17H25N3O5S. The van der Waals surface area contributed by atoms with Crippen molar-refractivity contribution in [2.45, 2.75) is 33.2 Å². The van der Waals surface area contributed by atoms with Crippen LogP contribution in [-0.4, -0.2) is 67.4 Å². The third-order valence-corrected chi connectivity index (χ3v) is 6.79. The van der Waals surface area contributed by atoms with E-state index >= 15 is 0 Å². The second-order valence-electron chi connectivity index (χ2n) is 7.16. The maximum absolute atomic E-state index is 13.0. The molecule has 0 spiro atoms. The Kier molecular flexibility index (Phi) is 5.12. The number of sulfonamides is 1. The molecule has 2 aliphatic rings. The molecule has 1 unspecified atom stereocenters. The molecule has 0 radical (unpaired) electrons. The van der Waals surface area contributed by atoms with E-state index in [4.69, 9.17) is 4.42 Å². The number of piperazine rings is 1. The number of carbonyl (C=O) groups excluding carboxylic acids is 2. The summed E-state index contributed by atoms with van der Waals surface area (Å²) in [5, 5.41) is 0. The van der Waals surface area contributed by atoms with Gasteiger partial charge in [0.25, 0.3) is 0 Å². The van der Waals surface area contributed by atoms with Gasteiger partial charge in [0.1, 0.15) is 18.3 Å². The van der Waals surface area contributed by atoms with Crippen molar-refractivity contribution in [1.29, 1.82) is 0 Å². The highest BCUT2D eigenvalue weighted by Crippen LogP contribution is 2.25. The van der Waals surface area contributed by atoms with Crippen molar-refractivity contribution in [3.05, 3.63) is 17.9 Å². The molecule has 0 aliphatic carbocycles. The normalized spacial score (nSPS) is 22.2. The lowest BCUT2D eigenvalue weighted by molar-refractivity contribution is -0.141. The predicted octanol–water partition coefficient (Wildman–Crippen LogP) is 0.823. The Morgan fingerprint density at radius 2 is 1.92 bits per heavy atom. The molecule has 0 bridgehead atoms. The first-order valence-corrected chi connectivity index (χ1v) is 10.5. The molecule has 1 atom stereocenters. The molecule has 8 nitrogen and oxygen atoms in total. The number of anilines is 1. The van der Waals surface area contributed by atoms with Crippen molar-refractivity contribution in [1.82, 2.24) is 9.21 Å². The third kappa shape index (κ3) is 3.50. The fourth-order valence-corrected chi connectivity index (χ4v) is 5.38. The monoisotopic (exact) mass is 383 g/mol. The van der Waals surface area contributed by atoms with Crippen LogP contribution in [0.3, 0.4) is 0 Å². The molecule has 0 N–H and O–H groups in total. The number of hydrogen-bond acceptors (Lipinski definition) is 5. The van der Waals surface area contributed by atoms with Crippen LogP contribution in [-0.2, 0) is 19.6 Å². The summed E-state index contributed by atoms with van der Waals surface area (Å²) in [5.41, 5.74) is 0. The van der Waals surface area contributed by atoms with Gasteiger partial charge in [-0.05, 0) is 25.3 Å². The minimum absolute atomic E-state index is 0.0737. The molecule has 3 heterocycles. The van der Waals surface area contributed by atoms with E-state index < -0.39 is 16.1 Å². The molecule has 9 heteroatoms.